The third-order valence-electron chi connectivity index (χ3n) is 6.12. The molecule has 0 aromatic heterocycles. The van der Waals surface area contributed by atoms with E-state index in [9.17, 15) is 9.59 Å². The number of amides is 1. The van der Waals surface area contributed by atoms with Crippen molar-refractivity contribution in [1.29, 1.82) is 0 Å². The van der Waals surface area contributed by atoms with Gasteiger partial charge in [-0.25, -0.2) is 4.79 Å². The Hall–Kier alpha value is -2.77. The van der Waals surface area contributed by atoms with E-state index < -0.39 is 5.97 Å². The van der Waals surface area contributed by atoms with Crippen molar-refractivity contribution in [2.45, 2.75) is 44.1 Å². The van der Waals surface area contributed by atoms with E-state index in [-0.39, 0.29) is 23.4 Å². The van der Waals surface area contributed by atoms with E-state index in [1.807, 2.05) is 36.9 Å². The van der Waals surface area contributed by atoms with Gasteiger partial charge in [-0.3, -0.25) is 10.1 Å². The largest absolute Gasteiger partial charge is 0.490 e. The molecule has 2 aromatic rings. The number of ether oxygens (including phenoxy) is 2. The molecule has 5 rings (SSSR count). The Balaban J connectivity index is 1.35. The zero-order valence-corrected chi connectivity index (χ0v) is 18.7. The molecule has 166 valence electrons. The van der Waals surface area contributed by atoms with E-state index in [4.69, 9.17) is 9.47 Å². The highest BCUT2D eigenvalue weighted by Crippen LogP contribution is 2.49. The van der Waals surface area contributed by atoms with Crippen molar-refractivity contribution in [1.82, 2.24) is 10.6 Å². The van der Waals surface area contributed by atoms with Crippen LogP contribution in [0.25, 0.3) is 0 Å². The first-order valence-corrected chi connectivity index (χ1v) is 12.0. The molecule has 2 aromatic carbocycles. The van der Waals surface area contributed by atoms with Gasteiger partial charge < -0.3 is 14.8 Å². The third-order valence-corrected chi connectivity index (χ3v) is 7.53. The summed E-state index contributed by atoms with van der Waals surface area (Å²) in [6.07, 6.45) is 4.16. The summed E-state index contributed by atoms with van der Waals surface area (Å²) in [6, 6.07) is 14.3. The lowest BCUT2D eigenvalue weighted by Gasteiger charge is -2.35. The van der Waals surface area contributed by atoms with Crippen LogP contribution < -0.4 is 20.1 Å². The number of hydrogen-bond acceptors (Lipinski definition) is 6. The molecule has 2 aliphatic heterocycles. The topological polar surface area (TPSA) is 76.7 Å². The lowest BCUT2D eigenvalue weighted by Crippen LogP contribution is -2.54. The number of nitrogens with one attached hydrogen (secondary N) is 2. The molecule has 0 spiro atoms. The van der Waals surface area contributed by atoms with Crippen LogP contribution in [-0.4, -0.2) is 23.9 Å². The standard InChI is InChI=1S/C25H26N2O4S/c1-2-30-19-14-16(12-13-18(19)31-25(29)15-8-4-3-5-9-15)22-26-23(28)21-17-10-6-7-11-20(17)32-24(21)27-22/h3-5,8-9,12-14,21-22,24,27H,2,6-7,10-11H2,1H3,(H,26,28). The molecule has 1 aliphatic carbocycles. The second-order valence-electron chi connectivity index (χ2n) is 8.17. The summed E-state index contributed by atoms with van der Waals surface area (Å²) in [6.45, 7) is 2.31. The maximum absolute atomic E-state index is 13.0. The molecule has 7 heteroatoms. The first-order chi connectivity index (χ1) is 15.6. The van der Waals surface area contributed by atoms with Gasteiger partial charge in [0.2, 0.25) is 5.91 Å². The van der Waals surface area contributed by atoms with Crippen molar-refractivity contribution < 1.29 is 19.1 Å². The zero-order chi connectivity index (χ0) is 22.1. The van der Waals surface area contributed by atoms with Crippen LogP contribution in [0.3, 0.4) is 0 Å². The van der Waals surface area contributed by atoms with Crippen molar-refractivity contribution in [2.75, 3.05) is 6.61 Å². The Bertz CT molecular complexity index is 1070. The van der Waals surface area contributed by atoms with E-state index in [0.717, 1.165) is 18.4 Å². The molecule has 3 atom stereocenters. The van der Waals surface area contributed by atoms with Crippen LogP contribution in [0.4, 0.5) is 0 Å². The molecule has 1 amide bonds. The number of thioether (sulfide) groups is 1. The van der Waals surface area contributed by atoms with Gasteiger partial charge in [0.05, 0.1) is 23.5 Å². The molecule has 2 heterocycles. The van der Waals surface area contributed by atoms with Crippen molar-refractivity contribution in [3.8, 4) is 11.5 Å². The zero-order valence-electron chi connectivity index (χ0n) is 17.9. The van der Waals surface area contributed by atoms with Gasteiger partial charge in [-0.05, 0) is 72.9 Å². The number of benzene rings is 2. The highest BCUT2D eigenvalue weighted by atomic mass is 32.2. The minimum Gasteiger partial charge on any atom is -0.490 e. The van der Waals surface area contributed by atoms with Gasteiger partial charge in [0.15, 0.2) is 11.5 Å². The van der Waals surface area contributed by atoms with Crippen molar-refractivity contribution in [3.05, 3.63) is 70.1 Å². The first-order valence-electron chi connectivity index (χ1n) is 11.1. The molecule has 0 saturated carbocycles. The van der Waals surface area contributed by atoms with Gasteiger partial charge in [-0.2, -0.15) is 0 Å². The summed E-state index contributed by atoms with van der Waals surface area (Å²) in [7, 11) is 0. The fourth-order valence-electron chi connectivity index (χ4n) is 4.60. The summed E-state index contributed by atoms with van der Waals surface area (Å²) >= 11 is 1.81. The predicted molar refractivity (Wildman–Crippen MR) is 123 cm³/mol. The number of rotatable bonds is 5. The Kier molecular flexibility index (Phi) is 5.93. The minimum absolute atomic E-state index is 0.0583. The first kappa shape index (κ1) is 21.1. The molecular weight excluding hydrogens is 424 g/mol. The number of fused-ring (bicyclic) bond motifs is 2. The smallest absolute Gasteiger partial charge is 0.343 e. The summed E-state index contributed by atoms with van der Waals surface area (Å²) < 4.78 is 11.4. The normalized spacial score (nSPS) is 24.4. The summed E-state index contributed by atoms with van der Waals surface area (Å²) in [5.74, 6) is 0.394. The van der Waals surface area contributed by atoms with Gasteiger partial charge >= 0.3 is 5.97 Å². The molecule has 2 N–H and O–H groups in total. The van der Waals surface area contributed by atoms with Crippen molar-refractivity contribution >= 4 is 23.6 Å². The average Bonchev–Trinajstić information content (AvgIpc) is 3.20. The van der Waals surface area contributed by atoms with E-state index in [0.29, 0.717) is 23.7 Å². The maximum atomic E-state index is 13.0. The van der Waals surface area contributed by atoms with Crippen LogP contribution in [0.15, 0.2) is 59.0 Å². The fraction of sp³-hybridized carbons (Fsp3) is 0.360. The second-order valence-corrected chi connectivity index (χ2v) is 9.41. The van der Waals surface area contributed by atoms with Crippen LogP contribution in [-0.2, 0) is 4.79 Å². The van der Waals surface area contributed by atoms with Crippen LogP contribution in [0, 0.1) is 5.92 Å². The fourth-order valence-corrected chi connectivity index (χ4v) is 6.18. The van der Waals surface area contributed by atoms with Gasteiger partial charge in [0.25, 0.3) is 0 Å². The molecule has 0 bridgehead atoms. The highest BCUT2D eigenvalue weighted by molar-refractivity contribution is 8.04. The van der Waals surface area contributed by atoms with Crippen LogP contribution in [0.2, 0.25) is 0 Å². The van der Waals surface area contributed by atoms with E-state index >= 15 is 0 Å². The van der Waals surface area contributed by atoms with Crippen molar-refractivity contribution in [3.63, 3.8) is 0 Å². The molecule has 6 nitrogen and oxygen atoms in total. The third kappa shape index (κ3) is 4.02. The molecule has 32 heavy (non-hydrogen) atoms. The summed E-state index contributed by atoms with van der Waals surface area (Å²) in [5.41, 5.74) is 2.67. The number of hydrogen-bond donors (Lipinski definition) is 2. The van der Waals surface area contributed by atoms with Crippen molar-refractivity contribution in [2.24, 2.45) is 5.92 Å². The Morgan fingerprint density at radius 2 is 1.91 bits per heavy atom. The molecule has 1 saturated heterocycles. The number of allylic oxidation sites excluding steroid dienone is 1. The van der Waals surface area contributed by atoms with Crippen LogP contribution >= 0.6 is 11.8 Å². The molecule has 3 aliphatic rings. The lowest BCUT2D eigenvalue weighted by molar-refractivity contribution is -0.127. The summed E-state index contributed by atoms with van der Waals surface area (Å²) in [4.78, 5) is 26.9. The number of esters is 1. The van der Waals surface area contributed by atoms with E-state index in [1.54, 1.807) is 30.3 Å². The van der Waals surface area contributed by atoms with E-state index in [2.05, 4.69) is 10.6 Å². The predicted octanol–water partition coefficient (Wildman–Crippen LogP) is 4.54. The van der Waals surface area contributed by atoms with E-state index in [1.165, 1.54) is 23.3 Å². The highest BCUT2D eigenvalue weighted by Gasteiger charge is 2.45. The average molecular weight is 451 g/mol. The monoisotopic (exact) mass is 450 g/mol. The molecule has 0 radical (unpaired) electrons. The maximum Gasteiger partial charge on any atom is 0.343 e. The van der Waals surface area contributed by atoms with Gasteiger partial charge in [-0.1, -0.05) is 24.3 Å². The Morgan fingerprint density at radius 1 is 1.09 bits per heavy atom. The quantitative estimate of drug-likeness (QED) is 0.515. The second kappa shape index (κ2) is 9.00. The SMILES string of the molecule is CCOc1cc(C2NC(=O)C3C4=C(CCCC4)SC3N2)ccc1OC(=O)c1ccccc1. The Labute approximate surface area is 191 Å². The minimum atomic E-state index is -0.440. The molecule has 3 unspecified atom stereocenters. The van der Waals surface area contributed by atoms with Gasteiger partial charge in [-0.15, -0.1) is 11.8 Å². The van der Waals surface area contributed by atoms with Gasteiger partial charge in [0, 0.05) is 0 Å². The lowest BCUT2D eigenvalue weighted by atomic mass is 9.87. The molecular formula is C25H26N2O4S. The Morgan fingerprint density at radius 3 is 2.72 bits per heavy atom. The van der Waals surface area contributed by atoms with Crippen LogP contribution in [0.1, 0.15) is 54.7 Å². The number of carbonyl (C=O) groups is 2. The molecule has 1 fully saturated rings. The number of carbonyl (C=O) groups excluding carboxylic acids is 2. The van der Waals surface area contributed by atoms with Crippen LogP contribution in [0.5, 0.6) is 11.5 Å². The summed E-state index contributed by atoms with van der Waals surface area (Å²) in [5, 5.41) is 6.79. The van der Waals surface area contributed by atoms with Gasteiger partial charge in [0.1, 0.15) is 6.17 Å².